The first-order valence-electron chi connectivity index (χ1n) is 11.3. The van der Waals surface area contributed by atoms with Gasteiger partial charge in [0.25, 0.3) is 0 Å². The molecule has 2 fully saturated rings. The maximum absolute atomic E-state index is 12.4. The van der Waals surface area contributed by atoms with Crippen molar-refractivity contribution < 1.29 is 19.1 Å². The van der Waals surface area contributed by atoms with Gasteiger partial charge in [-0.3, -0.25) is 14.9 Å². The third kappa shape index (κ3) is 4.55. The van der Waals surface area contributed by atoms with E-state index in [1.165, 1.54) is 11.1 Å². The Kier molecular flexibility index (Phi) is 5.71. The van der Waals surface area contributed by atoms with Crippen molar-refractivity contribution in [2.75, 3.05) is 18.0 Å². The molecule has 7 heteroatoms. The molecule has 168 valence electrons. The van der Waals surface area contributed by atoms with Gasteiger partial charge in [0.2, 0.25) is 11.8 Å². The second kappa shape index (κ2) is 8.17. The summed E-state index contributed by atoms with van der Waals surface area (Å²) in [5, 5.41) is 2.49. The molecule has 2 saturated heterocycles. The number of nitrogens with zero attached hydrogens (tertiary/aromatic N) is 2. The highest BCUT2D eigenvalue weighted by Gasteiger charge is 2.38. The van der Waals surface area contributed by atoms with E-state index < -0.39 is 5.60 Å². The lowest BCUT2D eigenvalue weighted by Gasteiger charge is -2.35. The third-order valence-corrected chi connectivity index (χ3v) is 6.54. The highest BCUT2D eigenvalue weighted by molar-refractivity contribution is 6.02. The molecule has 2 unspecified atom stereocenters. The van der Waals surface area contributed by atoms with E-state index in [0.29, 0.717) is 31.8 Å². The molecule has 0 aromatic heterocycles. The normalized spacial score (nSPS) is 24.8. The Morgan fingerprint density at radius 1 is 1.13 bits per heavy atom. The molecule has 0 radical (unpaired) electrons. The molecule has 7 nitrogen and oxygen atoms in total. The molecule has 1 aromatic carbocycles. The zero-order valence-electron chi connectivity index (χ0n) is 18.9. The average Bonchev–Trinajstić information content (AvgIpc) is 3.02. The van der Waals surface area contributed by atoms with E-state index in [9.17, 15) is 14.4 Å². The number of piperidine rings is 2. The van der Waals surface area contributed by atoms with Crippen LogP contribution in [-0.2, 0) is 20.7 Å². The number of nitrogens with one attached hydrogen (secondary N) is 1. The van der Waals surface area contributed by atoms with E-state index in [1.807, 2.05) is 25.7 Å². The summed E-state index contributed by atoms with van der Waals surface area (Å²) in [7, 11) is 0. The molecular weight excluding hydrogens is 394 g/mol. The summed E-state index contributed by atoms with van der Waals surface area (Å²) < 4.78 is 5.50. The van der Waals surface area contributed by atoms with Crippen LogP contribution in [0.25, 0.3) is 0 Å². The molecule has 3 aliphatic rings. The number of rotatable bonds is 2. The summed E-state index contributed by atoms with van der Waals surface area (Å²) in [4.78, 5) is 40.3. The smallest absolute Gasteiger partial charge is 0.410 e. The van der Waals surface area contributed by atoms with Crippen molar-refractivity contribution in [1.29, 1.82) is 0 Å². The molecule has 1 aromatic rings. The quantitative estimate of drug-likeness (QED) is 0.732. The van der Waals surface area contributed by atoms with Gasteiger partial charge in [-0.2, -0.15) is 0 Å². The topological polar surface area (TPSA) is 79.0 Å². The van der Waals surface area contributed by atoms with E-state index in [0.717, 1.165) is 24.9 Å². The van der Waals surface area contributed by atoms with Crippen LogP contribution < -0.4 is 10.2 Å². The molecule has 4 rings (SSSR count). The van der Waals surface area contributed by atoms with Crippen LogP contribution in [0.15, 0.2) is 18.2 Å². The van der Waals surface area contributed by atoms with Crippen molar-refractivity contribution in [2.45, 2.75) is 83.4 Å². The third-order valence-electron chi connectivity index (χ3n) is 6.54. The molecule has 1 N–H and O–H groups in total. The van der Waals surface area contributed by atoms with Crippen LogP contribution in [0.2, 0.25) is 0 Å². The molecule has 31 heavy (non-hydrogen) atoms. The van der Waals surface area contributed by atoms with Crippen LogP contribution in [0.1, 0.15) is 70.4 Å². The van der Waals surface area contributed by atoms with E-state index in [2.05, 4.69) is 35.3 Å². The van der Waals surface area contributed by atoms with Crippen LogP contribution in [-0.4, -0.2) is 53.6 Å². The van der Waals surface area contributed by atoms with Crippen molar-refractivity contribution in [2.24, 2.45) is 0 Å². The Bertz CT molecular complexity index is 883. The minimum Gasteiger partial charge on any atom is -0.444 e. The van der Waals surface area contributed by atoms with Crippen molar-refractivity contribution >= 4 is 23.6 Å². The Balaban J connectivity index is 1.43. The average molecular weight is 428 g/mol. The van der Waals surface area contributed by atoms with Gasteiger partial charge in [-0.25, -0.2) is 4.79 Å². The van der Waals surface area contributed by atoms with Crippen LogP contribution in [0.3, 0.4) is 0 Å². The van der Waals surface area contributed by atoms with Crippen LogP contribution in [0.5, 0.6) is 0 Å². The predicted molar refractivity (Wildman–Crippen MR) is 118 cm³/mol. The summed E-state index contributed by atoms with van der Waals surface area (Å²) in [6, 6.07) is 6.53. The first-order chi connectivity index (χ1) is 14.6. The number of carbonyl (C=O) groups excluding carboxylic acids is 3. The monoisotopic (exact) mass is 427 g/mol. The van der Waals surface area contributed by atoms with Gasteiger partial charge >= 0.3 is 6.09 Å². The standard InChI is InChI=1S/C24H33N3O4/c1-15-13-18-14-17(16-9-11-26(12-10-16)23(30)31-24(2,3)4)5-6-19(18)27(15)20-7-8-21(28)25-22(20)29/h5-6,14-16,20H,7-13H2,1-4H3,(H,25,28,29). The number of likely N-dealkylation sites (tertiary alicyclic amines) is 1. The largest absolute Gasteiger partial charge is 0.444 e. The number of hydrogen-bond donors (Lipinski definition) is 1. The second-order valence-electron chi connectivity index (χ2n) is 10.1. The molecule has 3 aliphatic heterocycles. The van der Waals surface area contributed by atoms with E-state index >= 15 is 0 Å². The predicted octanol–water partition coefficient (Wildman–Crippen LogP) is 3.36. The van der Waals surface area contributed by atoms with Crippen molar-refractivity contribution in [3.8, 4) is 0 Å². The summed E-state index contributed by atoms with van der Waals surface area (Å²) >= 11 is 0. The number of ether oxygens (including phenoxy) is 1. The van der Waals surface area contributed by atoms with Gasteiger partial charge in [0.15, 0.2) is 0 Å². The lowest BCUT2D eigenvalue weighted by Crippen LogP contribution is -2.54. The number of benzene rings is 1. The molecule has 0 saturated carbocycles. The number of hydrogen-bond acceptors (Lipinski definition) is 5. The lowest BCUT2D eigenvalue weighted by molar-refractivity contribution is -0.134. The van der Waals surface area contributed by atoms with Crippen molar-refractivity contribution in [3.05, 3.63) is 29.3 Å². The van der Waals surface area contributed by atoms with Gasteiger partial charge in [-0.1, -0.05) is 12.1 Å². The summed E-state index contributed by atoms with van der Waals surface area (Å²) in [5.74, 6) is 0.0554. The van der Waals surface area contributed by atoms with Gasteiger partial charge in [-0.05, 0) is 76.5 Å². The minimum absolute atomic E-state index is 0.179. The Morgan fingerprint density at radius 2 is 1.84 bits per heavy atom. The molecular formula is C24H33N3O4. The van der Waals surface area contributed by atoms with Gasteiger partial charge in [0.05, 0.1) is 0 Å². The maximum Gasteiger partial charge on any atom is 0.410 e. The number of carbonyl (C=O) groups is 3. The highest BCUT2D eigenvalue weighted by Crippen LogP contribution is 2.39. The fourth-order valence-corrected chi connectivity index (χ4v) is 5.07. The molecule has 0 bridgehead atoms. The minimum atomic E-state index is -0.473. The fraction of sp³-hybridized carbons (Fsp3) is 0.625. The first kappa shape index (κ1) is 21.7. The zero-order valence-corrected chi connectivity index (χ0v) is 18.9. The summed E-state index contributed by atoms with van der Waals surface area (Å²) in [5.41, 5.74) is 3.21. The van der Waals surface area contributed by atoms with Crippen LogP contribution >= 0.6 is 0 Å². The van der Waals surface area contributed by atoms with Gasteiger partial charge in [-0.15, -0.1) is 0 Å². The summed E-state index contributed by atoms with van der Waals surface area (Å²) in [6.07, 6.45) is 3.48. The second-order valence-corrected chi connectivity index (χ2v) is 10.1. The number of fused-ring (bicyclic) bond motifs is 1. The zero-order chi connectivity index (χ0) is 22.3. The fourth-order valence-electron chi connectivity index (χ4n) is 5.07. The van der Waals surface area contributed by atoms with Crippen LogP contribution in [0, 0.1) is 0 Å². The molecule has 2 atom stereocenters. The molecule has 0 aliphatic carbocycles. The number of imide groups is 1. The first-order valence-corrected chi connectivity index (χ1v) is 11.3. The van der Waals surface area contributed by atoms with E-state index in [4.69, 9.17) is 4.74 Å². The SMILES string of the molecule is CC1Cc2cc(C3CCN(C(=O)OC(C)(C)C)CC3)ccc2N1C1CCC(=O)NC1=O. The highest BCUT2D eigenvalue weighted by atomic mass is 16.6. The van der Waals surface area contributed by atoms with E-state index in [1.54, 1.807) is 0 Å². The maximum atomic E-state index is 12.4. The molecule has 0 spiro atoms. The van der Waals surface area contributed by atoms with Gasteiger partial charge in [0.1, 0.15) is 11.6 Å². The summed E-state index contributed by atoms with van der Waals surface area (Å²) in [6.45, 7) is 9.22. The van der Waals surface area contributed by atoms with Crippen molar-refractivity contribution in [1.82, 2.24) is 10.2 Å². The molecule has 3 amide bonds. The number of anilines is 1. The van der Waals surface area contributed by atoms with Gasteiger partial charge < -0.3 is 14.5 Å². The number of amides is 3. The Labute approximate surface area is 184 Å². The van der Waals surface area contributed by atoms with E-state index in [-0.39, 0.29) is 30.0 Å². The van der Waals surface area contributed by atoms with Gasteiger partial charge in [0, 0.05) is 31.2 Å². The van der Waals surface area contributed by atoms with Crippen molar-refractivity contribution in [3.63, 3.8) is 0 Å². The molecule has 3 heterocycles. The lowest BCUT2D eigenvalue weighted by atomic mass is 9.88. The Morgan fingerprint density at radius 3 is 2.48 bits per heavy atom. The van der Waals surface area contributed by atoms with Crippen LogP contribution in [0.4, 0.5) is 10.5 Å². The Hall–Kier alpha value is -2.57.